The van der Waals surface area contributed by atoms with Crippen LogP contribution < -0.4 is 4.74 Å². The number of carbonyl (C=O) groups excluding carboxylic acids is 2. The normalized spacial score (nSPS) is 17.7. The Bertz CT molecular complexity index is 2540. The zero-order chi connectivity index (χ0) is 47.0. The molecule has 6 aromatic rings. The summed E-state index contributed by atoms with van der Waals surface area (Å²) in [6, 6.07) is 35.9. The molecule has 2 aromatic heterocycles. The largest absolute Gasteiger partial charge is 0.497 e. The second-order valence-corrected chi connectivity index (χ2v) is 20.2. The first-order valence-corrected chi connectivity index (χ1v) is 25.2. The SMILES string of the molecule is CN(CCCN1CCC(c2ccccc2)(N(C)C)CC1)C(=O)Cc1c[nH]c2ccc(Br)cc12.COc1ccc2[nH]c(C(=O)N(C)CCN3CCC(c4ccccc4)(N4CCCC4)CC3)cc2c1. The molecule has 2 N–H and O–H groups in total. The number of ether oxygens (including phenoxy) is 1. The number of benzene rings is 4. The molecule has 0 atom stereocenters. The number of nitrogens with one attached hydrogen (secondary N) is 2. The maximum absolute atomic E-state index is 13.0. The van der Waals surface area contributed by atoms with Crippen LogP contribution in [0.2, 0.25) is 0 Å². The summed E-state index contributed by atoms with van der Waals surface area (Å²) in [5.74, 6) is 0.998. The van der Waals surface area contributed by atoms with Crippen molar-refractivity contribution in [1.29, 1.82) is 0 Å². The number of rotatable bonds is 15. The van der Waals surface area contributed by atoms with E-state index in [1.165, 1.54) is 37.1 Å². The molecule has 0 spiro atoms. The average molecular weight is 972 g/mol. The van der Waals surface area contributed by atoms with E-state index in [1.807, 2.05) is 66.5 Å². The highest BCUT2D eigenvalue weighted by Gasteiger charge is 2.42. The second kappa shape index (κ2) is 22.0. The monoisotopic (exact) mass is 970 g/mol. The van der Waals surface area contributed by atoms with E-state index in [0.29, 0.717) is 12.1 Å². The second-order valence-electron chi connectivity index (χ2n) is 19.3. The van der Waals surface area contributed by atoms with Crippen molar-refractivity contribution < 1.29 is 14.3 Å². The Kier molecular flexibility index (Phi) is 15.9. The van der Waals surface area contributed by atoms with Crippen LogP contribution in [0.3, 0.4) is 0 Å². The molecule has 2 amide bonds. The summed E-state index contributed by atoms with van der Waals surface area (Å²) in [7, 11) is 9.89. The third-order valence-corrected chi connectivity index (χ3v) is 15.7. The van der Waals surface area contributed by atoms with Crippen molar-refractivity contribution in [3.05, 3.63) is 136 Å². The topological polar surface area (TPSA) is 94.4 Å². The van der Waals surface area contributed by atoms with Crippen molar-refractivity contribution in [2.75, 3.05) is 101 Å². The lowest BCUT2D eigenvalue weighted by atomic mass is 9.79. The van der Waals surface area contributed by atoms with Gasteiger partial charge >= 0.3 is 0 Å². The summed E-state index contributed by atoms with van der Waals surface area (Å²) in [6.45, 7) is 10.2. The summed E-state index contributed by atoms with van der Waals surface area (Å²) in [5.41, 5.74) is 6.89. The van der Waals surface area contributed by atoms with Gasteiger partial charge in [0.05, 0.1) is 13.5 Å². The van der Waals surface area contributed by atoms with Crippen LogP contribution in [-0.2, 0) is 22.3 Å². The number of carbonyl (C=O) groups is 2. The van der Waals surface area contributed by atoms with Crippen LogP contribution in [0.15, 0.2) is 114 Å². The number of nitrogens with zero attached hydrogens (tertiary/aromatic N) is 6. The number of aromatic nitrogens is 2. The van der Waals surface area contributed by atoms with Crippen molar-refractivity contribution in [2.24, 2.45) is 0 Å². The maximum atomic E-state index is 13.0. The van der Waals surface area contributed by atoms with E-state index in [2.05, 4.69) is 126 Å². The third kappa shape index (κ3) is 11.2. The summed E-state index contributed by atoms with van der Waals surface area (Å²) in [6.07, 6.45) is 10.6. The highest BCUT2D eigenvalue weighted by atomic mass is 79.9. The molecule has 0 radical (unpaired) electrons. The summed E-state index contributed by atoms with van der Waals surface area (Å²) in [5, 5.41) is 2.11. The lowest BCUT2D eigenvalue weighted by Gasteiger charge is -2.48. The van der Waals surface area contributed by atoms with Gasteiger partial charge in [-0.2, -0.15) is 0 Å². The number of piperidine rings is 2. The standard InChI is InChI=1S/C28H36N4O2.C27H35BrN4O/c1-30(27(33)26-21-22-20-24(34-2)10-11-25(22)29-26)18-19-31-16-12-28(13-17-31,32-14-6-7-15-32)23-8-4-3-5-9-23;1-30(2)27(22-8-5-4-6-9-22)12-16-32(17-13-27)15-7-14-31(3)26(33)18-21-20-29-25-11-10-23(28)19-24(21)25/h3-5,8-11,20-21,29H,6-7,12-19H2,1-2H3;4-6,8-11,19-20,29H,7,12-18H2,1-3H3. The van der Waals surface area contributed by atoms with E-state index in [9.17, 15) is 9.59 Å². The van der Waals surface area contributed by atoms with Crippen molar-refractivity contribution >= 4 is 49.6 Å². The van der Waals surface area contributed by atoms with Gasteiger partial charge in [-0.15, -0.1) is 0 Å². The van der Waals surface area contributed by atoms with E-state index < -0.39 is 0 Å². The van der Waals surface area contributed by atoms with E-state index in [4.69, 9.17) is 4.74 Å². The molecule has 67 heavy (non-hydrogen) atoms. The molecule has 0 bridgehead atoms. The maximum Gasteiger partial charge on any atom is 0.270 e. The van der Waals surface area contributed by atoms with Gasteiger partial charge in [-0.05, 0) is 138 Å². The molecule has 3 saturated heterocycles. The van der Waals surface area contributed by atoms with Crippen molar-refractivity contribution in [3.63, 3.8) is 0 Å². The number of likely N-dealkylation sites (N-methyl/N-ethyl adjacent to an activating group) is 2. The van der Waals surface area contributed by atoms with Crippen LogP contribution in [0, 0.1) is 0 Å². The Morgan fingerprint density at radius 2 is 1.34 bits per heavy atom. The molecule has 3 aliphatic heterocycles. The van der Waals surface area contributed by atoms with Crippen LogP contribution in [0.1, 0.15) is 72.1 Å². The quantitative estimate of drug-likeness (QED) is 0.106. The van der Waals surface area contributed by atoms with Gasteiger partial charge < -0.3 is 34.3 Å². The lowest BCUT2D eigenvalue weighted by Crippen LogP contribution is -2.53. The van der Waals surface area contributed by atoms with E-state index in [1.54, 1.807) is 7.11 Å². The molecule has 3 aliphatic rings. The predicted molar refractivity (Wildman–Crippen MR) is 276 cm³/mol. The zero-order valence-electron chi connectivity index (χ0n) is 40.4. The van der Waals surface area contributed by atoms with Gasteiger partial charge in [-0.25, -0.2) is 0 Å². The van der Waals surface area contributed by atoms with Gasteiger partial charge in [-0.3, -0.25) is 19.4 Å². The van der Waals surface area contributed by atoms with Crippen molar-refractivity contribution in [3.8, 4) is 5.75 Å². The smallest absolute Gasteiger partial charge is 0.270 e. The van der Waals surface area contributed by atoms with Crippen LogP contribution in [0.25, 0.3) is 21.8 Å². The molecular formula is C55H71BrN8O3. The zero-order valence-corrected chi connectivity index (χ0v) is 42.0. The van der Waals surface area contributed by atoms with E-state index in [-0.39, 0.29) is 22.9 Å². The number of amides is 2. The lowest BCUT2D eigenvalue weighted by molar-refractivity contribution is -0.129. The van der Waals surface area contributed by atoms with Crippen LogP contribution in [-0.4, -0.2) is 152 Å². The first-order valence-electron chi connectivity index (χ1n) is 24.4. The number of aromatic amines is 2. The average Bonchev–Trinajstić information content (AvgIpc) is 4.15. The first kappa shape index (κ1) is 48.5. The Hall–Kier alpha value is -4.98. The van der Waals surface area contributed by atoms with E-state index >= 15 is 0 Å². The molecular weight excluding hydrogens is 901 g/mol. The fourth-order valence-electron chi connectivity index (χ4n) is 10.9. The summed E-state index contributed by atoms with van der Waals surface area (Å²) in [4.78, 5) is 46.3. The number of hydrogen-bond donors (Lipinski definition) is 2. The molecule has 0 unspecified atom stereocenters. The fraction of sp³-hybridized carbons (Fsp3) is 0.455. The van der Waals surface area contributed by atoms with Gasteiger partial charge in [0.15, 0.2) is 0 Å². The highest BCUT2D eigenvalue weighted by molar-refractivity contribution is 9.10. The molecule has 11 nitrogen and oxygen atoms in total. The van der Waals surface area contributed by atoms with Gasteiger partial charge in [0.25, 0.3) is 5.91 Å². The highest BCUT2D eigenvalue weighted by Crippen LogP contribution is 2.41. The minimum atomic E-state index is 0.0304. The number of likely N-dealkylation sites (tertiary alicyclic amines) is 3. The number of H-pyrrole nitrogens is 2. The molecule has 9 rings (SSSR count). The fourth-order valence-corrected chi connectivity index (χ4v) is 11.3. The number of methoxy groups -OCH3 is 1. The molecule has 0 saturated carbocycles. The molecule has 4 aromatic carbocycles. The first-order chi connectivity index (χ1) is 32.5. The minimum Gasteiger partial charge on any atom is -0.497 e. The van der Waals surface area contributed by atoms with E-state index in [0.717, 1.165) is 122 Å². The Morgan fingerprint density at radius 3 is 2.01 bits per heavy atom. The Labute approximate surface area is 406 Å². The number of halogens is 1. The summed E-state index contributed by atoms with van der Waals surface area (Å²) < 4.78 is 6.33. The molecule has 356 valence electrons. The Balaban J connectivity index is 0.000000182. The van der Waals surface area contributed by atoms with Gasteiger partial charge in [-0.1, -0.05) is 76.6 Å². The summed E-state index contributed by atoms with van der Waals surface area (Å²) >= 11 is 3.53. The van der Waals surface area contributed by atoms with Gasteiger partial charge in [0.2, 0.25) is 5.91 Å². The van der Waals surface area contributed by atoms with Crippen LogP contribution in [0.4, 0.5) is 0 Å². The van der Waals surface area contributed by atoms with Crippen molar-refractivity contribution in [1.82, 2.24) is 39.4 Å². The van der Waals surface area contributed by atoms with Gasteiger partial charge in [0.1, 0.15) is 11.4 Å². The van der Waals surface area contributed by atoms with Crippen LogP contribution >= 0.6 is 15.9 Å². The predicted octanol–water partition coefficient (Wildman–Crippen LogP) is 9.21. The van der Waals surface area contributed by atoms with Crippen LogP contribution in [0.5, 0.6) is 5.75 Å². The van der Waals surface area contributed by atoms with Gasteiger partial charge in [0, 0.05) is 103 Å². The minimum absolute atomic E-state index is 0.0304. The molecule has 3 fully saturated rings. The molecule has 12 heteroatoms. The van der Waals surface area contributed by atoms with Crippen molar-refractivity contribution in [2.45, 2.75) is 62.4 Å². The molecule has 5 heterocycles. The third-order valence-electron chi connectivity index (χ3n) is 15.2. The Morgan fingerprint density at radius 1 is 0.701 bits per heavy atom. The number of hydrogen-bond acceptors (Lipinski definition) is 7. The molecule has 0 aliphatic carbocycles. The number of fused-ring (bicyclic) bond motifs is 2.